The van der Waals surface area contributed by atoms with Gasteiger partial charge in [-0.2, -0.15) is 0 Å². The van der Waals surface area contributed by atoms with E-state index in [2.05, 4.69) is 26.9 Å². The number of rotatable bonds is 10. The minimum Gasteiger partial charge on any atom is -0.481 e. The molecule has 2 aromatic heterocycles. The van der Waals surface area contributed by atoms with Crippen LogP contribution >= 0.6 is 0 Å². The number of hydrogen-bond acceptors (Lipinski definition) is 4. The van der Waals surface area contributed by atoms with Crippen LogP contribution in [-0.2, 0) is 32.0 Å². The second-order valence-corrected chi connectivity index (χ2v) is 10.7. The molecule has 2 aliphatic heterocycles. The number of aromatic nitrogens is 2. The molecule has 0 aliphatic carbocycles. The number of aliphatic carboxylic acids is 2. The number of carboxylic acids is 2. The first-order valence-electron chi connectivity index (χ1n) is 14.1. The molecule has 10 heteroatoms. The Bertz CT molecular complexity index is 1810. The lowest BCUT2D eigenvalue weighted by Crippen LogP contribution is -2.16. The maximum atomic E-state index is 12.3. The first-order chi connectivity index (χ1) is 20.4. The van der Waals surface area contributed by atoms with Gasteiger partial charge in [0.2, 0.25) is 5.91 Å². The fourth-order valence-electron chi connectivity index (χ4n) is 5.57. The maximum absolute atomic E-state index is 12.3. The molecule has 0 saturated carbocycles. The van der Waals surface area contributed by atoms with E-state index >= 15 is 0 Å². The normalized spacial score (nSPS) is 19.7. The number of aromatic amines is 2. The fraction of sp³-hybridized carbons (Fsp3) is 0.303. The molecule has 0 spiro atoms. The number of amides is 2. The highest BCUT2D eigenvalue weighted by Crippen LogP contribution is 2.29. The van der Waals surface area contributed by atoms with E-state index in [9.17, 15) is 29.4 Å². The average molecular weight is 585 g/mol. The fourth-order valence-corrected chi connectivity index (χ4v) is 5.57. The number of nitrogens with one attached hydrogen (secondary N) is 3. The van der Waals surface area contributed by atoms with Crippen LogP contribution in [-0.4, -0.2) is 49.6 Å². The van der Waals surface area contributed by atoms with Gasteiger partial charge in [0.15, 0.2) is 0 Å². The van der Waals surface area contributed by atoms with Crippen LogP contribution < -0.4 is 16.0 Å². The average Bonchev–Trinajstić information content (AvgIpc) is 3.59. The highest BCUT2D eigenvalue weighted by atomic mass is 16.4. The Balaban J connectivity index is 1.91. The quantitative estimate of drug-likeness (QED) is 0.288. The number of H-pyrrole nitrogens is 2. The molecule has 1 unspecified atom stereocenters. The maximum Gasteiger partial charge on any atom is 0.303 e. The van der Waals surface area contributed by atoms with Crippen molar-refractivity contribution in [2.45, 2.75) is 60.3 Å². The predicted octanol–water partition coefficient (Wildman–Crippen LogP) is 3.14. The topological polar surface area (TPSA) is 165 Å². The van der Waals surface area contributed by atoms with Crippen molar-refractivity contribution in [2.75, 3.05) is 0 Å². The van der Waals surface area contributed by atoms with Gasteiger partial charge in [0, 0.05) is 46.2 Å². The number of aliphatic imine (C=N–C) groups is 1. The molecule has 1 fully saturated rings. The van der Waals surface area contributed by atoms with Crippen LogP contribution in [0.3, 0.4) is 0 Å². The third kappa shape index (κ3) is 6.28. The predicted molar refractivity (Wildman–Crippen MR) is 165 cm³/mol. The molecular weight excluding hydrogens is 548 g/mol. The SMILES string of the molecule is C=CC1=C(C)C(/C=c2\[nH]/c(=C\c3[nH]c(/C=C4\NC(=O)C(C)\C4=C\C)c(C)c3CCC(=O)O)c(CCC(=O)O)c2C)=NC1=O. The summed E-state index contributed by atoms with van der Waals surface area (Å²) in [4.78, 5) is 58.6. The summed E-state index contributed by atoms with van der Waals surface area (Å²) >= 11 is 0. The lowest BCUT2D eigenvalue weighted by molar-refractivity contribution is -0.138. The molecule has 0 radical (unpaired) electrons. The van der Waals surface area contributed by atoms with Gasteiger partial charge in [0.1, 0.15) is 0 Å². The Morgan fingerprint density at radius 1 is 0.907 bits per heavy atom. The van der Waals surface area contributed by atoms with Crippen molar-refractivity contribution in [3.05, 3.63) is 85.5 Å². The van der Waals surface area contributed by atoms with Gasteiger partial charge >= 0.3 is 11.9 Å². The molecule has 10 nitrogen and oxygen atoms in total. The van der Waals surface area contributed by atoms with E-state index in [1.54, 1.807) is 13.0 Å². The standard InChI is InChI=1S/C33H36N4O6/c1-7-20-19(6)32(42)37-27(20)14-25-18(5)23(10-12-31(40)41)29(35-25)15-28-22(9-11-30(38)39)17(4)24(34-28)13-26-16(3)21(8-2)33(43)36-26/h7-8,13-15,19,34-35H,2,9-12H2,1,3-6H3,(H,37,42)(H,38,39)(H,40,41)/b20-7-,24-13-,27-14-,28-15-. The van der Waals surface area contributed by atoms with E-state index < -0.39 is 11.9 Å². The van der Waals surface area contributed by atoms with Gasteiger partial charge in [-0.15, -0.1) is 0 Å². The lowest BCUT2D eigenvalue weighted by atomic mass is 10.00. The molecule has 2 aliphatic rings. The number of hydrogen-bond donors (Lipinski definition) is 5. The lowest BCUT2D eigenvalue weighted by Gasteiger charge is -2.03. The van der Waals surface area contributed by atoms with Crippen molar-refractivity contribution in [2.24, 2.45) is 10.9 Å². The van der Waals surface area contributed by atoms with Crippen LogP contribution in [0.1, 0.15) is 67.3 Å². The van der Waals surface area contributed by atoms with Crippen molar-refractivity contribution < 1.29 is 29.4 Å². The monoisotopic (exact) mass is 584 g/mol. The molecule has 1 saturated heterocycles. The zero-order valence-corrected chi connectivity index (χ0v) is 25.0. The molecule has 2 aromatic rings. The summed E-state index contributed by atoms with van der Waals surface area (Å²) in [5.41, 5.74) is 7.87. The molecule has 2 amide bonds. The third-order valence-electron chi connectivity index (χ3n) is 8.12. The van der Waals surface area contributed by atoms with Gasteiger partial charge in [-0.3, -0.25) is 19.2 Å². The molecule has 224 valence electrons. The summed E-state index contributed by atoms with van der Waals surface area (Å²) in [6.07, 6.45) is 9.23. The summed E-state index contributed by atoms with van der Waals surface area (Å²) in [6, 6.07) is 0. The highest BCUT2D eigenvalue weighted by molar-refractivity contribution is 6.31. The summed E-state index contributed by atoms with van der Waals surface area (Å²) in [6.45, 7) is 13.0. The molecule has 5 N–H and O–H groups in total. The van der Waals surface area contributed by atoms with Gasteiger partial charge in [-0.05, 0) is 99.1 Å². The van der Waals surface area contributed by atoms with E-state index in [4.69, 9.17) is 0 Å². The van der Waals surface area contributed by atoms with Gasteiger partial charge in [0.05, 0.1) is 11.6 Å². The minimum absolute atomic E-state index is 0.0802. The minimum atomic E-state index is -0.934. The second kappa shape index (κ2) is 12.5. The smallest absolute Gasteiger partial charge is 0.303 e. The van der Waals surface area contributed by atoms with Crippen LogP contribution in [0.15, 0.2) is 46.1 Å². The molecule has 0 bridgehead atoms. The van der Waals surface area contributed by atoms with E-state index in [1.807, 2.05) is 45.9 Å². The number of allylic oxidation sites excluding steroid dienone is 3. The van der Waals surface area contributed by atoms with Crippen LogP contribution in [0.4, 0.5) is 0 Å². The Kier molecular flexibility index (Phi) is 8.99. The van der Waals surface area contributed by atoms with Gasteiger partial charge in [-0.25, -0.2) is 4.99 Å². The molecule has 1 atom stereocenters. The second-order valence-electron chi connectivity index (χ2n) is 10.7. The number of carboxylic acid groups (broad SMARTS) is 2. The Hall–Kier alpha value is -4.99. The summed E-state index contributed by atoms with van der Waals surface area (Å²) < 4.78 is 0. The highest BCUT2D eigenvalue weighted by Gasteiger charge is 2.29. The number of carbonyl (C=O) groups excluding carboxylic acids is 2. The van der Waals surface area contributed by atoms with Crippen molar-refractivity contribution in [1.82, 2.24) is 15.3 Å². The van der Waals surface area contributed by atoms with Crippen molar-refractivity contribution in [3.63, 3.8) is 0 Å². The summed E-state index contributed by atoms with van der Waals surface area (Å²) in [5.74, 6) is -2.59. The number of nitrogens with zero attached hydrogens (tertiary/aromatic N) is 1. The molecular formula is C33H36N4O6. The molecule has 4 heterocycles. The van der Waals surface area contributed by atoms with E-state index in [1.165, 1.54) is 6.08 Å². The van der Waals surface area contributed by atoms with Crippen LogP contribution in [0, 0.1) is 19.8 Å². The van der Waals surface area contributed by atoms with Gasteiger partial charge < -0.3 is 25.5 Å². The van der Waals surface area contributed by atoms with E-state index in [0.717, 1.165) is 33.5 Å². The van der Waals surface area contributed by atoms with Crippen molar-refractivity contribution >= 4 is 47.7 Å². The van der Waals surface area contributed by atoms with Crippen molar-refractivity contribution in [3.8, 4) is 0 Å². The van der Waals surface area contributed by atoms with Gasteiger partial charge in [0.25, 0.3) is 5.91 Å². The zero-order valence-electron chi connectivity index (χ0n) is 25.0. The molecule has 0 aromatic carbocycles. The summed E-state index contributed by atoms with van der Waals surface area (Å²) in [7, 11) is 0. The van der Waals surface area contributed by atoms with E-state index in [-0.39, 0.29) is 43.4 Å². The first kappa shape index (κ1) is 31.0. The van der Waals surface area contributed by atoms with Crippen molar-refractivity contribution in [1.29, 1.82) is 0 Å². The Labute approximate surface area is 249 Å². The van der Waals surface area contributed by atoms with E-state index in [0.29, 0.717) is 38.9 Å². The first-order valence-corrected chi connectivity index (χ1v) is 14.1. The Morgan fingerprint density at radius 2 is 1.56 bits per heavy atom. The zero-order chi connectivity index (χ0) is 31.6. The van der Waals surface area contributed by atoms with Gasteiger partial charge in [-0.1, -0.05) is 18.7 Å². The molecule has 4 rings (SSSR count). The van der Waals surface area contributed by atoms with Crippen LogP contribution in [0.5, 0.6) is 0 Å². The third-order valence-corrected chi connectivity index (χ3v) is 8.12. The van der Waals surface area contributed by atoms with Crippen LogP contribution in [0.25, 0.3) is 18.2 Å². The number of carbonyl (C=O) groups is 4. The summed E-state index contributed by atoms with van der Waals surface area (Å²) in [5, 5.41) is 23.1. The molecule has 43 heavy (non-hydrogen) atoms. The largest absolute Gasteiger partial charge is 0.481 e. The van der Waals surface area contributed by atoms with Crippen LogP contribution in [0.2, 0.25) is 0 Å². The Morgan fingerprint density at radius 3 is 2.14 bits per heavy atom.